The molecule has 2 aromatic carbocycles. The molecule has 0 aliphatic rings. The van der Waals surface area contributed by atoms with Crippen molar-refractivity contribution in [2.45, 2.75) is 6.92 Å². The van der Waals surface area contributed by atoms with Crippen LogP contribution in [0.15, 0.2) is 53.5 Å². The lowest BCUT2D eigenvalue weighted by Crippen LogP contribution is -1.93. The zero-order valence-corrected chi connectivity index (χ0v) is 13.9. The molecule has 0 radical (unpaired) electrons. The van der Waals surface area contributed by atoms with Gasteiger partial charge in [-0.25, -0.2) is 4.39 Å². The van der Waals surface area contributed by atoms with Crippen molar-refractivity contribution in [1.82, 2.24) is 4.57 Å². The van der Waals surface area contributed by atoms with Crippen LogP contribution in [0.3, 0.4) is 0 Å². The van der Waals surface area contributed by atoms with Gasteiger partial charge < -0.3 is 5.11 Å². The lowest BCUT2D eigenvalue weighted by atomic mass is 10.2. The summed E-state index contributed by atoms with van der Waals surface area (Å²) < 4.78 is 15.7. The fraction of sp³-hybridized carbons (Fsp3) is 0.0588. The molecular weight excluding hydrogens is 331 g/mol. The standard InChI is InChI=1S/C17H13FN2OS2/c1-11-6-8-12(9-7-11)20-16(21)15(23-17(20)22)10-19-14-5-3-2-4-13(14)18/h2-10,21H,1H3. The summed E-state index contributed by atoms with van der Waals surface area (Å²) in [7, 11) is 0. The number of hydrogen-bond donors (Lipinski definition) is 1. The first-order valence-electron chi connectivity index (χ1n) is 6.86. The number of rotatable bonds is 3. The Labute approximate surface area is 142 Å². The number of halogens is 1. The Morgan fingerprint density at radius 1 is 1.17 bits per heavy atom. The Morgan fingerprint density at radius 3 is 2.57 bits per heavy atom. The maximum absolute atomic E-state index is 13.6. The quantitative estimate of drug-likeness (QED) is 0.525. The molecule has 0 bridgehead atoms. The van der Waals surface area contributed by atoms with E-state index >= 15 is 0 Å². The van der Waals surface area contributed by atoms with Gasteiger partial charge in [0.05, 0.1) is 17.6 Å². The predicted octanol–water partition coefficient (Wildman–Crippen LogP) is 5.17. The molecule has 0 atom stereocenters. The second-order valence-corrected chi connectivity index (χ2v) is 6.61. The first-order chi connectivity index (χ1) is 11.1. The number of para-hydroxylation sites is 1. The normalized spacial score (nSPS) is 11.2. The fourth-order valence-corrected chi connectivity index (χ4v) is 3.29. The molecule has 0 amide bonds. The topological polar surface area (TPSA) is 37.5 Å². The zero-order valence-electron chi connectivity index (χ0n) is 12.2. The van der Waals surface area contributed by atoms with Gasteiger partial charge in [0, 0.05) is 0 Å². The van der Waals surface area contributed by atoms with Gasteiger partial charge in [0.15, 0.2) is 3.95 Å². The number of aryl methyl sites for hydroxylation is 1. The molecule has 3 nitrogen and oxygen atoms in total. The molecule has 0 aliphatic heterocycles. The first kappa shape index (κ1) is 15.6. The van der Waals surface area contributed by atoms with Gasteiger partial charge in [-0.2, -0.15) is 0 Å². The summed E-state index contributed by atoms with van der Waals surface area (Å²) in [6.45, 7) is 1.99. The van der Waals surface area contributed by atoms with Gasteiger partial charge in [-0.1, -0.05) is 41.2 Å². The predicted molar refractivity (Wildman–Crippen MR) is 94.5 cm³/mol. The molecule has 116 valence electrons. The Hall–Kier alpha value is -2.31. The van der Waals surface area contributed by atoms with Gasteiger partial charge in [0.25, 0.3) is 0 Å². The highest BCUT2D eigenvalue weighted by atomic mass is 32.1. The van der Waals surface area contributed by atoms with Crippen LogP contribution in [0.1, 0.15) is 10.4 Å². The largest absolute Gasteiger partial charge is 0.493 e. The van der Waals surface area contributed by atoms with Gasteiger partial charge in [-0.05, 0) is 43.4 Å². The van der Waals surface area contributed by atoms with E-state index in [1.165, 1.54) is 23.6 Å². The van der Waals surface area contributed by atoms with E-state index in [-0.39, 0.29) is 11.6 Å². The summed E-state index contributed by atoms with van der Waals surface area (Å²) in [6, 6.07) is 13.9. The number of aromatic nitrogens is 1. The zero-order chi connectivity index (χ0) is 16.4. The van der Waals surface area contributed by atoms with Crippen molar-refractivity contribution in [3.8, 4) is 11.6 Å². The molecule has 0 unspecified atom stereocenters. The molecule has 1 aromatic heterocycles. The van der Waals surface area contributed by atoms with E-state index < -0.39 is 5.82 Å². The number of hydrogen-bond acceptors (Lipinski definition) is 4. The molecule has 3 aromatic rings. The fourth-order valence-electron chi connectivity index (χ4n) is 2.07. The van der Waals surface area contributed by atoms with Crippen molar-refractivity contribution in [1.29, 1.82) is 0 Å². The van der Waals surface area contributed by atoms with E-state index in [1.807, 2.05) is 31.2 Å². The summed E-state index contributed by atoms with van der Waals surface area (Å²) in [5.41, 5.74) is 2.12. The van der Waals surface area contributed by atoms with E-state index in [0.29, 0.717) is 8.83 Å². The van der Waals surface area contributed by atoms with Gasteiger partial charge in [0.2, 0.25) is 5.88 Å². The van der Waals surface area contributed by atoms with Crippen LogP contribution < -0.4 is 0 Å². The smallest absolute Gasteiger partial charge is 0.216 e. The van der Waals surface area contributed by atoms with E-state index in [1.54, 1.807) is 22.8 Å². The monoisotopic (exact) mass is 344 g/mol. The number of aromatic hydroxyl groups is 1. The second kappa shape index (κ2) is 6.44. The highest BCUT2D eigenvalue weighted by molar-refractivity contribution is 7.73. The minimum atomic E-state index is -0.412. The van der Waals surface area contributed by atoms with Crippen molar-refractivity contribution in [3.05, 3.63) is 68.7 Å². The maximum atomic E-state index is 13.6. The molecule has 1 N–H and O–H groups in total. The Morgan fingerprint density at radius 2 is 1.87 bits per heavy atom. The number of nitrogens with zero attached hydrogens (tertiary/aromatic N) is 2. The van der Waals surface area contributed by atoms with Crippen molar-refractivity contribution in [3.63, 3.8) is 0 Å². The highest BCUT2D eigenvalue weighted by Crippen LogP contribution is 2.29. The molecular formula is C17H13FN2OS2. The first-order valence-corrected chi connectivity index (χ1v) is 8.09. The van der Waals surface area contributed by atoms with Crippen molar-refractivity contribution < 1.29 is 9.50 Å². The molecule has 1 heterocycles. The Kier molecular flexibility index (Phi) is 4.36. The minimum absolute atomic E-state index is 0.00365. The SMILES string of the molecule is Cc1ccc(-n2c(O)c(C=Nc3ccccc3F)sc2=S)cc1. The maximum Gasteiger partial charge on any atom is 0.216 e. The van der Waals surface area contributed by atoms with Crippen molar-refractivity contribution >= 4 is 35.5 Å². The van der Waals surface area contributed by atoms with Gasteiger partial charge in [-0.3, -0.25) is 9.56 Å². The molecule has 0 saturated carbocycles. The lowest BCUT2D eigenvalue weighted by Gasteiger charge is -2.04. The molecule has 0 fully saturated rings. The Balaban J connectivity index is 2.00. The van der Waals surface area contributed by atoms with Crippen LogP contribution in [0.25, 0.3) is 5.69 Å². The number of aliphatic imine (C=N–C) groups is 1. The molecule has 0 spiro atoms. The van der Waals surface area contributed by atoms with Crippen molar-refractivity contribution in [2.75, 3.05) is 0 Å². The summed E-state index contributed by atoms with van der Waals surface area (Å²) in [5, 5.41) is 10.4. The second-order valence-electron chi connectivity index (χ2n) is 4.94. The van der Waals surface area contributed by atoms with E-state index in [9.17, 15) is 9.50 Å². The van der Waals surface area contributed by atoms with E-state index in [2.05, 4.69) is 4.99 Å². The average Bonchev–Trinajstić information content (AvgIpc) is 2.82. The number of benzene rings is 2. The van der Waals surface area contributed by atoms with Gasteiger partial charge in [0.1, 0.15) is 10.7 Å². The van der Waals surface area contributed by atoms with Crippen LogP contribution in [0, 0.1) is 16.7 Å². The van der Waals surface area contributed by atoms with Gasteiger partial charge in [-0.15, -0.1) is 0 Å². The summed E-state index contributed by atoms with van der Waals surface area (Å²) in [4.78, 5) is 4.57. The minimum Gasteiger partial charge on any atom is -0.493 e. The third kappa shape index (κ3) is 3.23. The van der Waals surface area contributed by atoms with Crippen LogP contribution in [-0.4, -0.2) is 15.9 Å². The Bertz CT molecular complexity index is 927. The van der Waals surface area contributed by atoms with E-state index in [0.717, 1.165) is 11.3 Å². The van der Waals surface area contributed by atoms with Crippen LogP contribution in [0.4, 0.5) is 10.1 Å². The molecule has 6 heteroatoms. The van der Waals surface area contributed by atoms with Crippen LogP contribution >= 0.6 is 23.6 Å². The van der Waals surface area contributed by atoms with Crippen molar-refractivity contribution in [2.24, 2.45) is 4.99 Å². The van der Waals surface area contributed by atoms with E-state index in [4.69, 9.17) is 12.2 Å². The summed E-state index contributed by atoms with van der Waals surface area (Å²) >= 11 is 6.54. The third-order valence-electron chi connectivity index (χ3n) is 3.28. The summed E-state index contributed by atoms with van der Waals surface area (Å²) in [5.74, 6) is -0.409. The van der Waals surface area contributed by atoms with Crippen LogP contribution in [-0.2, 0) is 0 Å². The molecule has 3 rings (SSSR count). The third-order valence-corrected chi connectivity index (χ3v) is 4.58. The van der Waals surface area contributed by atoms with Crippen LogP contribution in [0.5, 0.6) is 5.88 Å². The lowest BCUT2D eigenvalue weighted by molar-refractivity contribution is 0.441. The number of thiazole rings is 1. The van der Waals surface area contributed by atoms with Gasteiger partial charge >= 0.3 is 0 Å². The molecule has 0 saturated heterocycles. The summed E-state index contributed by atoms with van der Waals surface area (Å²) in [6.07, 6.45) is 1.43. The highest BCUT2D eigenvalue weighted by Gasteiger charge is 2.12. The van der Waals surface area contributed by atoms with Crippen LogP contribution in [0.2, 0.25) is 0 Å². The molecule has 23 heavy (non-hydrogen) atoms. The molecule has 0 aliphatic carbocycles. The average molecular weight is 344 g/mol.